The van der Waals surface area contributed by atoms with Gasteiger partial charge in [-0.05, 0) is 28.1 Å². The molecule has 0 spiro atoms. The van der Waals surface area contributed by atoms with Crippen LogP contribution in [-0.4, -0.2) is 23.7 Å². The number of carboxylic acid groups (broad SMARTS) is 1. The summed E-state index contributed by atoms with van der Waals surface area (Å²) in [4.78, 5) is 22.0. The molecule has 0 heterocycles. The highest BCUT2D eigenvalue weighted by Crippen LogP contribution is 2.20. The number of anilines is 1. The van der Waals surface area contributed by atoms with E-state index in [1.54, 1.807) is 18.2 Å². The number of carbonyl (C=O) groups excluding carboxylic acids is 1. The van der Waals surface area contributed by atoms with E-state index >= 15 is 0 Å². The molecule has 1 rings (SSSR count). The van der Waals surface area contributed by atoms with Gasteiger partial charge in [0.25, 0.3) is 0 Å². The van der Waals surface area contributed by atoms with Gasteiger partial charge in [-0.2, -0.15) is 0 Å². The van der Waals surface area contributed by atoms with Gasteiger partial charge in [0.2, 0.25) is 0 Å². The van der Waals surface area contributed by atoms with Crippen LogP contribution in [0.3, 0.4) is 0 Å². The highest BCUT2D eigenvalue weighted by molar-refractivity contribution is 9.10. The van der Waals surface area contributed by atoms with Crippen molar-refractivity contribution in [3.63, 3.8) is 0 Å². The third-order valence-corrected chi connectivity index (χ3v) is 2.80. The quantitative estimate of drug-likeness (QED) is 0.798. The standard InChI is InChI=1S/C11H13BrN2O3/c1-7(10(15)16)6-13-11(17)14-9-5-3-2-4-8(9)12/h2-5,7H,6H2,1H3,(H,15,16)(H2,13,14,17). The molecule has 1 aromatic carbocycles. The zero-order valence-electron chi connectivity index (χ0n) is 9.24. The lowest BCUT2D eigenvalue weighted by atomic mass is 10.2. The van der Waals surface area contributed by atoms with Crippen LogP contribution >= 0.6 is 15.9 Å². The van der Waals surface area contributed by atoms with Gasteiger partial charge in [-0.1, -0.05) is 19.1 Å². The molecule has 0 radical (unpaired) electrons. The van der Waals surface area contributed by atoms with E-state index in [2.05, 4.69) is 26.6 Å². The number of nitrogens with one attached hydrogen (secondary N) is 2. The molecule has 6 heteroatoms. The van der Waals surface area contributed by atoms with Gasteiger partial charge in [-0.3, -0.25) is 4.79 Å². The Morgan fingerprint density at radius 2 is 2.06 bits per heavy atom. The summed E-state index contributed by atoms with van der Waals surface area (Å²) in [7, 11) is 0. The molecule has 0 aliphatic carbocycles. The average Bonchev–Trinajstić information content (AvgIpc) is 2.29. The van der Waals surface area contributed by atoms with Crippen LogP contribution in [-0.2, 0) is 4.79 Å². The third-order valence-electron chi connectivity index (χ3n) is 2.11. The molecule has 0 aliphatic heterocycles. The van der Waals surface area contributed by atoms with Crippen molar-refractivity contribution in [2.24, 2.45) is 5.92 Å². The Hall–Kier alpha value is -1.56. The van der Waals surface area contributed by atoms with Crippen molar-refractivity contribution in [3.05, 3.63) is 28.7 Å². The molecule has 1 atom stereocenters. The topological polar surface area (TPSA) is 78.4 Å². The molecule has 0 aromatic heterocycles. The van der Waals surface area contributed by atoms with Crippen molar-refractivity contribution in [2.45, 2.75) is 6.92 Å². The van der Waals surface area contributed by atoms with Crippen LogP contribution in [0.2, 0.25) is 0 Å². The maximum absolute atomic E-state index is 11.5. The minimum atomic E-state index is -0.939. The number of aliphatic carboxylic acids is 1. The van der Waals surface area contributed by atoms with Crippen molar-refractivity contribution in [1.29, 1.82) is 0 Å². The van der Waals surface area contributed by atoms with E-state index in [0.717, 1.165) is 4.47 Å². The van der Waals surface area contributed by atoms with Crippen molar-refractivity contribution in [3.8, 4) is 0 Å². The molecule has 3 N–H and O–H groups in total. The lowest BCUT2D eigenvalue weighted by Crippen LogP contribution is -2.34. The van der Waals surface area contributed by atoms with Gasteiger partial charge in [0, 0.05) is 11.0 Å². The highest BCUT2D eigenvalue weighted by atomic mass is 79.9. The molecule has 92 valence electrons. The average molecular weight is 301 g/mol. The summed E-state index contributed by atoms with van der Waals surface area (Å²) in [5.41, 5.74) is 0.632. The fraction of sp³-hybridized carbons (Fsp3) is 0.273. The van der Waals surface area contributed by atoms with Gasteiger partial charge in [-0.15, -0.1) is 0 Å². The van der Waals surface area contributed by atoms with Gasteiger partial charge in [0.1, 0.15) is 0 Å². The molecule has 1 unspecified atom stereocenters. The Labute approximate surface area is 107 Å². The SMILES string of the molecule is CC(CNC(=O)Nc1ccccc1Br)C(=O)O. The van der Waals surface area contributed by atoms with Gasteiger partial charge >= 0.3 is 12.0 Å². The van der Waals surface area contributed by atoms with E-state index in [9.17, 15) is 9.59 Å². The number of rotatable bonds is 4. The molecule has 0 fully saturated rings. The monoisotopic (exact) mass is 300 g/mol. The Morgan fingerprint density at radius 1 is 1.41 bits per heavy atom. The summed E-state index contributed by atoms with van der Waals surface area (Å²) in [6.07, 6.45) is 0. The molecule has 5 nitrogen and oxygen atoms in total. The van der Waals surface area contributed by atoms with E-state index in [0.29, 0.717) is 5.69 Å². The van der Waals surface area contributed by atoms with Crippen LogP contribution < -0.4 is 10.6 Å². The van der Waals surface area contributed by atoms with E-state index in [-0.39, 0.29) is 6.54 Å². The maximum atomic E-state index is 11.5. The van der Waals surface area contributed by atoms with Crippen LogP contribution in [0.25, 0.3) is 0 Å². The number of halogens is 1. The minimum absolute atomic E-state index is 0.0889. The third kappa shape index (κ3) is 4.44. The molecular weight excluding hydrogens is 288 g/mol. The lowest BCUT2D eigenvalue weighted by molar-refractivity contribution is -0.140. The number of para-hydroxylation sites is 1. The fourth-order valence-electron chi connectivity index (χ4n) is 1.06. The number of carbonyl (C=O) groups is 2. The molecule has 1 aromatic rings. The Bertz CT molecular complexity index is 423. The van der Waals surface area contributed by atoms with Gasteiger partial charge in [-0.25, -0.2) is 4.79 Å². The van der Waals surface area contributed by atoms with Gasteiger partial charge in [0.15, 0.2) is 0 Å². The number of hydrogen-bond acceptors (Lipinski definition) is 2. The number of benzene rings is 1. The maximum Gasteiger partial charge on any atom is 0.319 e. The summed E-state index contributed by atoms with van der Waals surface area (Å²) < 4.78 is 0.765. The van der Waals surface area contributed by atoms with E-state index < -0.39 is 17.9 Å². The first kappa shape index (κ1) is 13.5. The Kier molecular flexibility index (Phi) is 4.96. The largest absolute Gasteiger partial charge is 0.481 e. The number of amides is 2. The zero-order chi connectivity index (χ0) is 12.8. The molecule has 2 amide bonds. The predicted molar refractivity (Wildman–Crippen MR) is 68.0 cm³/mol. The van der Waals surface area contributed by atoms with Crippen LogP contribution in [0.5, 0.6) is 0 Å². The summed E-state index contributed by atoms with van der Waals surface area (Å²) in [5, 5.41) is 13.8. The first-order valence-corrected chi connectivity index (χ1v) is 5.82. The molecule has 17 heavy (non-hydrogen) atoms. The smallest absolute Gasteiger partial charge is 0.319 e. The van der Waals surface area contributed by atoms with E-state index in [1.807, 2.05) is 6.07 Å². The summed E-state index contributed by atoms with van der Waals surface area (Å²) in [6.45, 7) is 1.62. The van der Waals surface area contributed by atoms with Crippen molar-refractivity contribution in [2.75, 3.05) is 11.9 Å². The first-order chi connectivity index (χ1) is 8.00. The molecule has 0 aliphatic rings. The van der Waals surface area contributed by atoms with E-state index in [4.69, 9.17) is 5.11 Å². The Balaban J connectivity index is 2.46. The van der Waals surface area contributed by atoms with Gasteiger partial charge in [0.05, 0.1) is 11.6 Å². The zero-order valence-corrected chi connectivity index (χ0v) is 10.8. The molecule has 0 bridgehead atoms. The first-order valence-electron chi connectivity index (χ1n) is 5.03. The van der Waals surface area contributed by atoms with Crippen molar-refractivity contribution in [1.82, 2.24) is 5.32 Å². The fourth-order valence-corrected chi connectivity index (χ4v) is 1.45. The molecule has 0 saturated heterocycles. The predicted octanol–water partition coefficient (Wildman–Crippen LogP) is 2.29. The number of carboxylic acids is 1. The second kappa shape index (κ2) is 6.24. The number of hydrogen-bond donors (Lipinski definition) is 3. The number of urea groups is 1. The normalized spacial score (nSPS) is 11.6. The van der Waals surface area contributed by atoms with E-state index in [1.165, 1.54) is 6.92 Å². The van der Waals surface area contributed by atoms with Crippen molar-refractivity contribution < 1.29 is 14.7 Å². The van der Waals surface area contributed by atoms with Crippen LogP contribution in [0.1, 0.15) is 6.92 Å². The molecular formula is C11H13BrN2O3. The van der Waals surface area contributed by atoms with Crippen LogP contribution in [0.15, 0.2) is 28.7 Å². The second-order valence-electron chi connectivity index (χ2n) is 3.55. The minimum Gasteiger partial charge on any atom is -0.481 e. The lowest BCUT2D eigenvalue weighted by Gasteiger charge is -2.10. The van der Waals surface area contributed by atoms with Gasteiger partial charge < -0.3 is 15.7 Å². The summed E-state index contributed by atoms with van der Waals surface area (Å²) in [5.74, 6) is -1.55. The van der Waals surface area contributed by atoms with Crippen molar-refractivity contribution >= 4 is 33.6 Å². The second-order valence-corrected chi connectivity index (χ2v) is 4.41. The summed E-state index contributed by atoms with van der Waals surface area (Å²) in [6, 6.07) is 6.74. The molecule has 0 saturated carbocycles. The highest BCUT2D eigenvalue weighted by Gasteiger charge is 2.12. The Morgan fingerprint density at radius 3 is 2.65 bits per heavy atom. The van der Waals surface area contributed by atoms with Crippen LogP contribution in [0, 0.1) is 5.92 Å². The summed E-state index contributed by atoms with van der Waals surface area (Å²) >= 11 is 3.29. The van der Waals surface area contributed by atoms with Crippen LogP contribution in [0.4, 0.5) is 10.5 Å².